The maximum atomic E-state index is 12.2. The molecule has 1 N–H and O–H groups in total. The number of pyridine rings is 1. The Morgan fingerprint density at radius 1 is 1.10 bits per heavy atom. The number of esters is 1. The summed E-state index contributed by atoms with van der Waals surface area (Å²) in [4.78, 5) is 21.1. The van der Waals surface area contributed by atoms with Gasteiger partial charge in [0.05, 0.1) is 40.5 Å². The van der Waals surface area contributed by atoms with E-state index >= 15 is 0 Å². The van der Waals surface area contributed by atoms with Gasteiger partial charge in [0, 0.05) is 43.0 Å². The number of ether oxygens (including phenoxy) is 1. The molecule has 1 aliphatic rings. The molecule has 1 aromatic heterocycles. The van der Waals surface area contributed by atoms with Gasteiger partial charge < -0.3 is 14.7 Å². The fourth-order valence-electron chi connectivity index (χ4n) is 4.95. The number of hydrogen-bond acceptors (Lipinski definition) is 7. The highest BCUT2D eigenvalue weighted by Crippen LogP contribution is 2.37. The molecule has 0 amide bonds. The van der Waals surface area contributed by atoms with Gasteiger partial charge in [0.1, 0.15) is 11.2 Å². The topological polar surface area (TPSA) is 89.7 Å². The molecule has 2 aromatic carbocycles. The SMILES string of the molecule is CC(C)(C)OC(=O)Cc1ccc([C@](C)(O)CN2CCN(c3ccc(C#N)cc3Cl)[C@H](c3ccc(Cl)cc3)C2)cn1. The van der Waals surface area contributed by atoms with Crippen molar-refractivity contribution in [3.05, 3.63) is 93.2 Å². The van der Waals surface area contributed by atoms with E-state index in [1.807, 2.05) is 57.2 Å². The van der Waals surface area contributed by atoms with Gasteiger partial charge in [-0.25, -0.2) is 0 Å². The van der Waals surface area contributed by atoms with Crippen molar-refractivity contribution in [1.29, 1.82) is 5.26 Å². The number of anilines is 1. The second kappa shape index (κ2) is 12.2. The second-order valence-corrected chi connectivity index (χ2v) is 12.2. The minimum absolute atomic E-state index is 0.0541. The lowest BCUT2D eigenvalue weighted by atomic mass is 9.94. The summed E-state index contributed by atoms with van der Waals surface area (Å²) in [5.41, 5.74) is 1.97. The fourth-order valence-corrected chi connectivity index (χ4v) is 5.37. The van der Waals surface area contributed by atoms with Gasteiger partial charge in [-0.2, -0.15) is 5.26 Å². The van der Waals surface area contributed by atoms with Crippen LogP contribution in [0.4, 0.5) is 5.69 Å². The van der Waals surface area contributed by atoms with Crippen LogP contribution in [0.15, 0.2) is 60.8 Å². The van der Waals surface area contributed by atoms with E-state index in [4.69, 9.17) is 27.9 Å². The van der Waals surface area contributed by atoms with Gasteiger partial charge in [-0.1, -0.05) is 41.4 Å². The van der Waals surface area contributed by atoms with E-state index in [-0.39, 0.29) is 18.4 Å². The van der Waals surface area contributed by atoms with Crippen molar-refractivity contribution < 1.29 is 14.6 Å². The van der Waals surface area contributed by atoms with E-state index in [9.17, 15) is 15.2 Å². The number of benzene rings is 2. The normalized spacial score (nSPS) is 17.6. The maximum Gasteiger partial charge on any atom is 0.312 e. The first-order valence-corrected chi connectivity index (χ1v) is 13.9. The number of hydrogen-bond donors (Lipinski definition) is 1. The summed E-state index contributed by atoms with van der Waals surface area (Å²) in [6, 6.07) is 18.8. The van der Waals surface area contributed by atoms with E-state index in [1.54, 1.807) is 31.3 Å². The molecule has 9 heteroatoms. The Hall–Kier alpha value is -3.15. The van der Waals surface area contributed by atoms with Crippen LogP contribution in [-0.2, 0) is 21.6 Å². The molecule has 0 bridgehead atoms. The van der Waals surface area contributed by atoms with Crippen LogP contribution in [0.2, 0.25) is 10.0 Å². The van der Waals surface area contributed by atoms with Crippen molar-refractivity contribution in [2.45, 2.75) is 51.4 Å². The molecule has 1 aliphatic heterocycles. The number of piperazine rings is 1. The van der Waals surface area contributed by atoms with Gasteiger partial charge >= 0.3 is 5.97 Å². The molecule has 40 heavy (non-hydrogen) atoms. The smallest absolute Gasteiger partial charge is 0.312 e. The number of halogens is 2. The van der Waals surface area contributed by atoms with Crippen LogP contribution in [0.3, 0.4) is 0 Å². The van der Waals surface area contributed by atoms with Gasteiger partial charge in [0.15, 0.2) is 0 Å². The Labute approximate surface area is 245 Å². The fraction of sp³-hybridized carbons (Fsp3) is 0.387. The van der Waals surface area contributed by atoms with Gasteiger partial charge in [-0.15, -0.1) is 0 Å². The predicted octanol–water partition coefficient (Wildman–Crippen LogP) is 5.92. The molecule has 0 saturated carbocycles. The van der Waals surface area contributed by atoms with E-state index in [2.05, 4.69) is 20.9 Å². The lowest BCUT2D eigenvalue weighted by molar-refractivity contribution is -0.154. The van der Waals surface area contributed by atoms with Crippen molar-refractivity contribution in [3.8, 4) is 6.07 Å². The van der Waals surface area contributed by atoms with Crippen LogP contribution < -0.4 is 4.90 Å². The summed E-state index contributed by atoms with van der Waals surface area (Å²) in [5, 5.41) is 21.9. The molecule has 4 rings (SSSR count). The first-order chi connectivity index (χ1) is 18.8. The quantitative estimate of drug-likeness (QED) is 0.347. The second-order valence-electron chi connectivity index (χ2n) is 11.3. The summed E-state index contributed by atoms with van der Waals surface area (Å²) in [6.45, 7) is 9.65. The predicted molar refractivity (Wildman–Crippen MR) is 158 cm³/mol. The zero-order valence-corrected chi connectivity index (χ0v) is 24.7. The molecule has 0 radical (unpaired) electrons. The monoisotopic (exact) mass is 580 g/mol. The number of carbonyl (C=O) groups excluding carboxylic acids is 1. The van der Waals surface area contributed by atoms with E-state index in [0.717, 1.165) is 11.3 Å². The Bertz CT molecular complexity index is 1380. The van der Waals surface area contributed by atoms with Gasteiger partial charge in [0.2, 0.25) is 0 Å². The molecular weight excluding hydrogens is 547 g/mol. The number of aromatic nitrogens is 1. The molecule has 0 unspecified atom stereocenters. The molecule has 7 nitrogen and oxygen atoms in total. The average Bonchev–Trinajstić information content (AvgIpc) is 2.88. The van der Waals surface area contributed by atoms with Crippen LogP contribution >= 0.6 is 23.2 Å². The largest absolute Gasteiger partial charge is 0.460 e. The highest BCUT2D eigenvalue weighted by atomic mass is 35.5. The first kappa shape index (κ1) is 29.8. The zero-order valence-electron chi connectivity index (χ0n) is 23.2. The number of carbonyl (C=O) groups is 1. The van der Waals surface area contributed by atoms with Crippen LogP contribution in [0.25, 0.3) is 0 Å². The van der Waals surface area contributed by atoms with Crippen LogP contribution in [0.1, 0.15) is 56.1 Å². The van der Waals surface area contributed by atoms with Crippen molar-refractivity contribution in [3.63, 3.8) is 0 Å². The third-order valence-electron chi connectivity index (χ3n) is 6.83. The standard InChI is InChI=1S/C31H34Cl2N4O3/c1-30(2,3)40-29(38)16-25-11-8-23(18-35-25)31(4,39)20-36-13-14-37(27-12-5-21(17-34)15-26(27)33)28(19-36)22-6-9-24(32)10-7-22/h5-12,15,18,28,39H,13-14,16,19-20H2,1-4H3/t28-,31+/m0/s1. The van der Waals surface area contributed by atoms with Crippen LogP contribution in [0, 0.1) is 11.3 Å². The lowest BCUT2D eigenvalue weighted by Gasteiger charge is -2.45. The Balaban J connectivity index is 1.51. The van der Waals surface area contributed by atoms with E-state index in [0.29, 0.717) is 53.0 Å². The summed E-state index contributed by atoms with van der Waals surface area (Å²) in [6.07, 6.45) is 1.70. The minimum atomic E-state index is -1.17. The number of aliphatic hydroxyl groups is 1. The average molecular weight is 582 g/mol. The zero-order chi connectivity index (χ0) is 29.1. The molecule has 1 fully saturated rings. The summed E-state index contributed by atoms with van der Waals surface area (Å²) < 4.78 is 5.38. The minimum Gasteiger partial charge on any atom is -0.460 e. The Morgan fingerprint density at radius 3 is 2.42 bits per heavy atom. The molecule has 0 spiro atoms. The number of nitriles is 1. The highest BCUT2D eigenvalue weighted by Gasteiger charge is 2.34. The van der Waals surface area contributed by atoms with Crippen LogP contribution in [0.5, 0.6) is 0 Å². The van der Waals surface area contributed by atoms with Gasteiger partial charge in [-0.3, -0.25) is 14.7 Å². The summed E-state index contributed by atoms with van der Waals surface area (Å²) >= 11 is 12.8. The molecule has 1 saturated heterocycles. The summed E-state index contributed by atoms with van der Waals surface area (Å²) in [7, 11) is 0. The third kappa shape index (κ3) is 7.52. The van der Waals surface area contributed by atoms with Crippen LogP contribution in [-0.4, -0.2) is 52.7 Å². The molecular formula is C31H34Cl2N4O3. The van der Waals surface area contributed by atoms with Crippen molar-refractivity contribution >= 4 is 34.9 Å². The van der Waals surface area contributed by atoms with E-state index < -0.39 is 11.2 Å². The summed E-state index contributed by atoms with van der Waals surface area (Å²) in [5.74, 6) is -0.340. The van der Waals surface area contributed by atoms with E-state index in [1.165, 1.54) is 0 Å². The lowest BCUT2D eigenvalue weighted by Crippen LogP contribution is -2.52. The number of nitrogens with zero attached hydrogens (tertiary/aromatic N) is 4. The third-order valence-corrected chi connectivity index (χ3v) is 7.38. The Morgan fingerprint density at radius 2 is 1.82 bits per heavy atom. The molecule has 210 valence electrons. The van der Waals surface area contributed by atoms with Crippen molar-refractivity contribution in [2.75, 3.05) is 31.1 Å². The molecule has 2 heterocycles. The Kier molecular flexibility index (Phi) is 9.06. The molecule has 2 atom stereocenters. The first-order valence-electron chi connectivity index (χ1n) is 13.2. The number of rotatable bonds is 7. The van der Waals surface area contributed by atoms with Crippen molar-refractivity contribution in [2.24, 2.45) is 0 Å². The van der Waals surface area contributed by atoms with Gasteiger partial charge in [0.25, 0.3) is 0 Å². The van der Waals surface area contributed by atoms with Crippen molar-refractivity contribution in [1.82, 2.24) is 9.88 Å². The molecule has 3 aromatic rings. The molecule has 0 aliphatic carbocycles. The maximum absolute atomic E-state index is 12.2. The van der Waals surface area contributed by atoms with Gasteiger partial charge in [-0.05, 0) is 69.7 Å². The highest BCUT2D eigenvalue weighted by molar-refractivity contribution is 6.33. The number of β-amino-alcohol motifs (C(OH)–C–C–N with tert-alkyl or cyclic N) is 1.